The van der Waals surface area contributed by atoms with Crippen LogP contribution in [0.25, 0.3) is 22.0 Å². The van der Waals surface area contributed by atoms with Crippen LogP contribution in [0.15, 0.2) is 95.0 Å². The van der Waals surface area contributed by atoms with E-state index in [2.05, 4.69) is 74.5 Å². The second kappa shape index (κ2) is 11.0. The molecule has 1 N–H and O–H groups in total. The van der Waals surface area contributed by atoms with Gasteiger partial charge in [-0.2, -0.15) is 0 Å². The molecule has 5 rings (SSSR count). The number of halogens is 1. The zero-order chi connectivity index (χ0) is 24.9. The van der Waals surface area contributed by atoms with E-state index in [1.165, 1.54) is 11.3 Å². The van der Waals surface area contributed by atoms with Crippen molar-refractivity contribution in [2.24, 2.45) is 0 Å². The molecule has 36 heavy (non-hydrogen) atoms. The van der Waals surface area contributed by atoms with Gasteiger partial charge >= 0.3 is 0 Å². The quantitative estimate of drug-likeness (QED) is 0.211. The van der Waals surface area contributed by atoms with Gasteiger partial charge in [0, 0.05) is 24.2 Å². The van der Waals surface area contributed by atoms with E-state index >= 15 is 0 Å². The summed E-state index contributed by atoms with van der Waals surface area (Å²) in [6, 6.07) is 28.4. The number of thiophene rings is 1. The molecule has 0 atom stereocenters. The molecule has 5 aromatic rings. The maximum atomic E-state index is 13.1. The second-order valence-corrected chi connectivity index (χ2v) is 10.9. The normalized spacial score (nSPS) is 10.9. The third-order valence-electron chi connectivity index (χ3n) is 5.87. The Bertz CT molecular complexity index is 1500. The molecule has 1 amide bonds. The van der Waals surface area contributed by atoms with Gasteiger partial charge in [-0.25, -0.2) is 9.97 Å². The van der Waals surface area contributed by atoms with E-state index in [9.17, 15) is 4.79 Å². The molecule has 180 valence electrons. The number of rotatable bonds is 8. The van der Waals surface area contributed by atoms with Gasteiger partial charge < -0.3 is 10.2 Å². The molecule has 3 aromatic carbocycles. The molecule has 5 nitrogen and oxygen atoms in total. The fourth-order valence-corrected chi connectivity index (χ4v) is 5.53. The summed E-state index contributed by atoms with van der Waals surface area (Å²) in [4.78, 5) is 24.8. The molecule has 0 saturated heterocycles. The standard InChI is InChI=1S/C29H25BrN4OS/c1-2-15-34(29(35)26-13-14-27(30)36-26)18-20-7-6-8-21(16-20)22-11-12-25-24(17-22)28(32-19-31-25)33-23-9-4-3-5-10-23/h3-14,16-17,19H,2,15,18H2,1H3,(H,31,32,33). The van der Waals surface area contributed by atoms with Crippen LogP contribution < -0.4 is 5.32 Å². The molecule has 0 spiro atoms. The summed E-state index contributed by atoms with van der Waals surface area (Å²) < 4.78 is 0.964. The van der Waals surface area contributed by atoms with Gasteiger partial charge in [0.15, 0.2) is 0 Å². The lowest BCUT2D eigenvalue weighted by Gasteiger charge is -2.22. The summed E-state index contributed by atoms with van der Waals surface area (Å²) in [6.45, 7) is 3.37. The Morgan fingerprint density at radius 1 is 0.944 bits per heavy atom. The first-order valence-electron chi connectivity index (χ1n) is 11.8. The van der Waals surface area contributed by atoms with Crippen LogP contribution in [0.5, 0.6) is 0 Å². The van der Waals surface area contributed by atoms with Crippen molar-refractivity contribution in [2.75, 3.05) is 11.9 Å². The fourth-order valence-electron chi connectivity index (χ4n) is 4.17. The first kappa shape index (κ1) is 24.2. The summed E-state index contributed by atoms with van der Waals surface area (Å²) in [5, 5.41) is 4.36. The average Bonchev–Trinajstić information content (AvgIpc) is 3.35. The van der Waals surface area contributed by atoms with Crippen LogP contribution in [0.4, 0.5) is 11.5 Å². The molecule has 0 bridgehead atoms. The number of anilines is 2. The van der Waals surface area contributed by atoms with Gasteiger partial charge in [0.05, 0.1) is 14.2 Å². The van der Waals surface area contributed by atoms with Gasteiger partial charge in [-0.05, 0) is 81.5 Å². The first-order valence-corrected chi connectivity index (χ1v) is 13.4. The topological polar surface area (TPSA) is 58.1 Å². The van der Waals surface area contributed by atoms with Gasteiger partial charge in [0.1, 0.15) is 12.1 Å². The number of hydrogen-bond donors (Lipinski definition) is 1. The Morgan fingerprint density at radius 2 is 1.78 bits per heavy atom. The molecular formula is C29H25BrN4OS. The first-order chi connectivity index (χ1) is 17.6. The average molecular weight is 558 g/mol. The molecule has 0 radical (unpaired) electrons. The van der Waals surface area contributed by atoms with Crippen LogP contribution in [0.1, 0.15) is 28.6 Å². The van der Waals surface area contributed by atoms with Gasteiger partial charge in [-0.15, -0.1) is 11.3 Å². The van der Waals surface area contributed by atoms with Gasteiger partial charge in [0.25, 0.3) is 5.91 Å². The van der Waals surface area contributed by atoms with E-state index in [1.807, 2.05) is 53.4 Å². The Kier molecular flexibility index (Phi) is 7.39. The highest BCUT2D eigenvalue weighted by Crippen LogP contribution is 2.30. The van der Waals surface area contributed by atoms with Crippen LogP contribution in [-0.4, -0.2) is 27.3 Å². The van der Waals surface area contributed by atoms with Crippen molar-refractivity contribution in [1.29, 1.82) is 0 Å². The summed E-state index contributed by atoms with van der Waals surface area (Å²) in [7, 11) is 0. The van der Waals surface area contributed by atoms with Gasteiger partial charge in [0.2, 0.25) is 0 Å². The number of nitrogens with zero attached hydrogens (tertiary/aromatic N) is 3. The van der Waals surface area contributed by atoms with E-state index in [-0.39, 0.29) is 5.91 Å². The Hall–Kier alpha value is -3.55. The number of amides is 1. The minimum Gasteiger partial charge on any atom is -0.340 e. The minimum absolute atomic E-state index is 0.0671. The Balaban J connectivity index is 1.43. The zero-order valence-electron chi connectivity index (χ0n) is 19.8. The fraction of sp³-hybridized carbons (Fsp3) is 0.138. The van der Waals surface area contributed by atoms with Crippen LogP contribution in [0, 0.1) is 0 Å². The van der Waals surface area contributed by atoms with Crippen LogP contribution in [-0.2, 0) is 6.54 Å². The molecule has 0 saturated carbocycles. The van der Waals surface area contributed by atoms with Crippen LogP contribution in [0.2, 0.25) is 0 Å². The molecule has 0 unspecified atom stereocenters. The number of nitrogens with one attached hydrogen (secondary N) is 1. The van der Waals surface area contributed by atoms with E-state index in [1.54, 1.807) is 6.33 Å². The number of aromatic nitrogens is 2. The van der Waals surface area contributed by atoms with Crippen LogP contribution in [0.3, 0.4) is 0 Å². The highest BCUT2D eigenvalue weighted by atomic mass is 79.9. The maximum Gasteiger partial charge on any atom is 0.264 e. The molecule has 2 heterocycles. The molecule has 7 heteroatoms. The lowest BCUT2D eigenvalue weighted by Crippen LogP contribution is -2.30. The number of para-hydroxylation sites is 1. The molecule has 0 fully saturated rings. The summed E-state index contributed by atoms with van der Waals surface area (Å²) in [5.41, 5.74) is 5.11. The smallest absolute Gasteiger partial charge is 0.264 e. The monoisotopic (exact) mass is 556 g/mol. The SMILES string of the molecule is CCCN(Cc1cccc(-c2ccc3ncnc(Nc4ccccc4)c3c2)c1)C(=O)c1ccc(Br)s1. The number of hydrogen-bond acceptors (Lipinski definition) is 5. The van der Waals surface area contributed by atoms with E-state index in [0.29, 0.717) is 13.1 Å². The van der Waals surface area contributed by atoms with Crippen molar-refractivity contribution in [2.45, 2.75) is 19.9 Å². The van der Waals surface area contributed by atoms with Crippen molar-refractivity contribution in [1.82, 2.24) is 14.9 Å². The summed E-state index contributed by atoms with van der Waals surface area (Å²) >= 11 is 4.94. The number of fused-ring (bicyclic) bond motifs is 1. The number of carbonyl (C=O) groups excluding carboxylic acids is 1. The second-order valence-electron chi connectivity index (χ2n) is 8.48. The predicted octanol–water partition coefficient (Wildman–Crippen LogP) is 7.92. The molecule has 0 aliphatic rings. The van der Waals surface area contributed by atoms with Crippen molar-refractivity contribution < 1.29 is 4.79 Å². The van der Waals surface area contributed by atoms with Crippen molar-refractivity contribution in [3.05, 3.63) is 105 Å². The van der Waals surface area contributed by atoms with E-state index in [4.69, 9.17) is 0 Å². The van der Waals surface area contributed by atoms with Crippen molar-refractivity contribution in [3.8, 4) is 11.1 Å². The van der Waals surface area contributed by atoms with Crippen molar-refractivity contribution >= 4 is 55.6 Å². The largest absolute Gasteiger partial charge is 0.340 e. The predicted molar refractivity (Wildman–Crippen MR) is 152 cm³/mol. The molecular weight excluding hydrogens is 532 g/mol. The highest BCUT2D eigenvalue weighted by molar-refractivity contribution is 9.11. The van der Waals surface area contributed by atoms with Crippen LogP contribution >= 0.6 is 27.3 Å². The lowest BCUT2D eigenvalue weighted by molar-refractivity contribution is 0.0748. The number of benzene rings is 3. The Labute approximate surface area is 223 Å². The molecule has 0 aliphatic carbocycles. The maximum absolute atomic E-state index is 13.1. The van der Waals surface area contributed by atoms with Gasteiger partial charge in [-0.1, -0.05) is 49.4 Å². The third-order valence-corrected chi connectivity index (χ3v) is 7.48. The lowest BCUT2D eigenvalue weighted by atomic mass is 10.0. The zero-order valence-corrected chi connectivity index (χ0v) is 22.2. The van der Waals surface area contributed by atoms with Gasteiger partial charge in [-0.3, -0.25) is 4.79 Å². The summed E-state index contributed by atoms with van der Waals surface area (Å²) in [6.07, 6.45) is 2.49. The Morgan fingerprint density at radius 3 is 2.56 bits per heavy atom. The van der Waals surface area contributed by atoms with Crippen molar-refractivity contribution in [3.63, 3.8) is 0 Å². The summed E-state index contributed by atoms with van der Waals surface area (Å²) in [5.74, 6) is 0.837. The van der Waals surface area contributed by atoms with E-state index in [0.717, 1.165) is 54.2 Å². The minimum atomic E-state index is 0.0671. The third kappa shape index (κ3) is 5.48. The van der Waals surface area contributed by atoms with E-state index < -0.39 is 0 Å². The molecule has 2 aromatic heterocycles. The number of carbonyl (C=O) groups is 1. The highest BCUT2D eigenvalue weighted by Gasteiger charge is 2.17. The molecule has 0 aliphatic heterocycles.